The zero-order chi connectivity index (χ0) is 18.1. The highest BCUT2D eigenvalue weighted by Crippen LogP contribution is 2.04. The van der Waals surface area contributed by atoms with Gasteiger partial charge in [0.1, 0.15) is 0 Å². The predicted molar refractivity (Wildman–Crippen MR) is 96.5 cm³/mol. The molecule has 0 bridgehead atoms. The summed E-state index contributed by atoms with van der Waals surface area (Å²) in [4.78, 5) is 26.8. The van der Waals surface area contributed by atoms with Crippen LogP contribution in [0, 0.1) is 0 Å². The van der Waals surface area contributed by atoms with Crippen molar-refractivity contribution < 1.29 is 19.2 Å². The first-order chi connectivity index (χ1) is 12.1. The lowest BCUT2D eigenvalue weighted by atomic mass is 10.1. The highest BCUT2D eigenvalue weighted by atomic mass is 16.6. The van der Waals surface area contributed by atoms with E-state index in [9.17, 15) is 9.59 Å². The van der Waals surface area contributed by atoms with Crippen molar-refractivity contribution in [2.24, 2.45) is 0 Å². The van der Waals surface area contributed by atoms with Gasteiger partial charge in [0, 0.05) is 6.04 Å². The molecule has 1 heterocycles. The molecule has 0 spiro atoms. The average Bonchev–Trinajstić information content (AvgIpc) is 2.61. The van der Waals surface area contributed by atoms with Crippen LogP contribution in [0.1, 0.15) is 25.8 Å². The number of hydrogen-bond acceptors (Lipinski definition) is 3. The number of ether oxygens (including phenoxy) is 1. The minimum Gasteiger partial charge on any atom is -0.450 e. The number of benzene rings is 1. The molecular weight excluding hydrogens is 318 g/mol. The molecule has 1 atom stereocenters. The standard InChI is InChI=1S/C19H29N3O3/c1-3-25-19(24)22-13-11-21(12-14-22)15-18(23)20-16(2)9-10-17-7-5-4-6-8-17/h4-8,16H,3,9-15H2,1-2H3,(H,20,23)/p+1/t16-/m1/s1. The van der Waals surface area contributed by atoms with Crippen molar-refractivity contribution in [1.29, 1.82) is 0 Å². The fourth-order valence-electron chi connectivity index (χ4n) is 3.05. The monoisotopic (exact) mass is 348 g/mol. The molecular formula is C19H30N3O3+. The third-order valence-electron chi connectivity index (χ3n) is 4.52. The lowest BCUT2D eigenvalue weighted by molar-refractivity contribution is -0.896. The van der Waals surface area contributed by atoms with E-state index in [1.165, 1.54) is 10.5 Å². The maximum atomic E-state index is 12.2. The van der Waals surface area contributed by atoms with Crippen LogP contribution >= 0.6 is 0 Å². The summed E-state index contributed by atoms with van der Waals surface area (Å²) in [6, 6.07) is 10.5. The summed E-state index contributed by atoms with van der Waals surface area (Å²) in [6.07, 6.45) is 1.65. The SMILES string of the molecule is CCOC(=O)N1CC[NH+](CC(=O)N[C@H](C)CCc2ccccc2)CC1. The maximum Gasteiger partial charge on any atom is 0.410 e. The molecule has 138 valence electrons. The molecule has 1 aromatic carbocycles. The molecule has 0 unspecified atom stereocenters. The van der Waals surface area contributed by atoms with E-state index in [2.05, 4.69) is 24.4 Å². The van der Waals surface area contributed by atoms with Crippen molar-refractivity contribution in [2.45, 2.75) is 32.7 Å². The number of hydrogen-bond donors (Lipinski definition) is 2. The van der Waals surface area contributed by atoms with Crippen LogP contribution in [-0.2, 0) is 16.0 Å². The minimum absolute atomic E-state index is 0.0835. The quantitative estimate of drug-likeness (QED) is 0.753. The van der Waals surface area contributed by atoms with Crippen LogP contribution in [0.3, 0.4) is 0 Å². The van der Waals surface area contributed by atoms with Crippen molar-refractivity contribution >= 4 is 12.0 Å². The molecule has 0 radical (unpaired) electrons. The zero-order valence-electron chi connectivity index (χ0n) is 15.3. The number of amides is 2. The van der Waals surface area contributed by atoms with Gasteiger partial charge < -0.3 is 15.0 Å². The second kappa shape index (κ2) is 10.0. The summed E-state index contributed by atoms with van der Waals surface area (Å²) in [7, 11) is 0. The van der Waals surface area contributed by atoms with E-state index in [1.54, 1.807) is 4.90 Å². The molecule has 2 amide bonds. The van der Waals surface area contributed by atoms with E-state index in [1.807, 2.05) is 25.1 Å². The van der Waals surface area contributed by atoms with Gasteiger partial charge >= 0.3 is 6.09 Å². The van der Waals surface area contributed by atoms with Gasteiger partial charge in [-0.25, -0.2) is 4.79 Å². The second-order valence-electron chi connectivity index (χ2n) is 6.61. The number of carbonyl (C=O) groups is 2. The summed E-state index contributed by atoms with van der Waals surface area (Å²) >= 11 is 0. The van der Waals surface area contributed by atoms with Gasteiger partial charge in [-0.05, 0) is 32.3 Å². The second-order valence-corrected chi connectivity index (χ2v) is 6.61. The topological polar surface area (TPSA) is 63.1 Å². The number of aryl methyl sites for hydroxylation is 1. The van der Waals surface area contributed by atoms with Crippen molar-refractivity contribution in [3.8, 4) is 0 Å². The number of nitrogens with zero attached hydrogens (tertiary/aromatic N) is 1. The van der Waals surface area contributed by atoms with Crippen LogP contribution in [0.4, 0.5) is 4.79 Å². The third kappa shape index (κ3) is 6.74. The molecule has 1 saturated heterocycles. The molecule has 2 N–H and O–H groups in total. The van der Waals surface area contributed by atoms with E-state index in [-0.39, 0.29) is 18.0 Å². The first-order valence-corrected chi connectivity index (χ1v) is 9.17. The summed E-state index contributed by atoms with van der Waals surface area (Å²) < 4.78 is 5.01. The van der Waals surface area contributed by atoms with Crippen LogP contribution in [0.2, 0.25) is 0 Å². The number of nitrogens with one attached hydrogen (secondary N) is 2. The van der Waals surface area contributed by atoms with Gasteiger partial charge in [0.15, 0.2) is 6.54 Å². The molecule has 1 aliphatic rings. The Hall–Kier alpha value is -2.08. The van der Waals surface area contributed by atoms with Crippen molar-refractivity contribution in [3.63, 3.8) is 0 Å². The van der Waals surface area contributed by atoms with Crippen LogP contribution in [0.15, 0.2) is 30.3 Å². The fourth-order valence-corrected chi connectivity index (χ4v) is 3.05. The number of quaternary nitrogens is 1. The Labute approximate surface area is 150 Å². The summed E-state index contributed by atoms with van der Waals surface area (Å²) in [5, 5.41) is 3.09. The zero-order valence-corrected chi connectivity index (χ0v) is 15.3. The van der Waals surface area contributed by atoms with Gasteiger partial charge in [0.2, 0.25) is 0 Å². The number of piperazine rings is 1. The van der Waals surface area contributed by atoms with Gasteiger partial charge in [0.05, 0.1) is 32.8 Å². The molecule has 25 heavy (non-hydrogen) atoms. The van der Waals surface area contributed by atoms with Gasteiger partial charge in [-0.2, -0.15) is 0 Å². The molecule has 1 aromatic rings. The maximum absolute atomic E-state index is 12.2. The van der Waals surface area contributed by atoms with Crippen molar-refractivity contribution in [2.75, 3.05) is 39.3 Å². The fraction of sp³-hybridized carbons (Fsp3) is 0.579. The molecule has 6 heteroatoms. The molecule has 1 aliphatic heterocycles. The van der Waals surface area contributed by atoms with E-state index in [0.717, 1.165) is 25.9 Å². The first kappa shape index (κ1) is 19.2. The Bertz CT molecular complexity index is 542. The van der Waals surface area contributed by atoms with Crippen LogP contribution < -0.4 is 10.2 Å². The Morgan fingerprint density at radius 2 is 1.92 bits per heavy atom. The normalized spacial score (nSPS) is 16.3. The third-order valence-corrected chi connectivity index (χ3v) is 4.52. The molecule has 2 rings (SSSR count). The minimum atomic E-state index is -0.250. The highest BCUT2D eigenvalue weighted by Gasteiger charge is 2.26. The van der Waals surface area contributed by atoms with Crippen molar-refractivity contribution in [3.05, 3.63) is 35.9 Å². The van der Waals surface area contributed by atoms with Crippen LogP contribution in [-0.4, -0.2) is 62.3 Å². The first-order valence-electron chi connectivity index (χ1n) is 9.17. The largest absolute Gasteiger partial charge is 0.450 e. The molecule has 1 fully saturated rings. The van der Waals surface area contributed by atoms with E-state index in [4.69, 9.17) is 4.74 Å². The lowest BCUT2D eigenvalue weighted by Gasteiger charge is -2.31. The van der Waals surface area contributed by atoms with Gasteiger partial charge in [-0.1, -0.05) is 30.3 Å². The van der Waals surface area contributed by atoms with E-state index in [0.29, 0.717) is 26.2 Å². The van der Waals surface area contributed by atoms with E-state index < -0.39 is 0 Å². The number of rotatable bonds is 7. The van der Waals surface area contributed by atoms with Gasteiger partial charge in [-0.3, -0.25) is 9.69 Å². The summed E-state index contributed by atoms with van der Waals surface area (Å²) in [6.45, 7) is 7.57. The summed E-state index contributed by atoms with van der Waals surface area (Å²) in [5.74, 6) is 0.0835. The molecule has 0 aromatic heterocycles. The Kier molecular flexibility index (Phi) is 7.73. The van der Waals surface area contributed by atoms with Gasteiger partial charge in [-0.15, -0.1) is 0 Å². The van der Waals surface area contributed by atoms with E-state index >= 15 is 0 Å². The Balaban J connectivity index is 1.64. The smallest absolute Gasteiger partial charge is 0.410 e. The highest BCUT2D eigenvalue weighted by molar-refractivity contribution is 5.77. The Morgan fingerprint density at radius 1 is 1.24 bits per heavy atom. The average molecular weight is 348 g/mol. The number of carbonyl (C=O) groups excluding carboxylic acids is 2. The molecule has 0 saturated carbocycles. The van der Waals surface area contributed by atoms with Crippen molar-refractivity contribution in [1.82, 2.24) is 10.2 Å². The van der Waals surface area contributed by atoms with Crippen LogP contribution in [0.5, 0.6) is 0 Å². The molecule has 0 aliphatic carbocycles. The predicted octanol–water partition coefficient (Wildman–Crippen LogP) is 0.481. The molecule has 6 nitrogen and oxygen atoms in total. The van der Waals surface area contributed by atoms with Crippen LogP contribution in [0.25, 0.3) is 0 Å². The lowest BCUT2D eigenvalue weighted by Crippen LogP contribution is -3.15. The van der Waals surface area contributed by atoms with Gasteiger partial charge in [0.25, 0.3) is 5.91 Å². The Morgan fingerprint density at radius 3 is 2.56 bits per heavy atom. The summed E-state index contributed by atoms with van der Waals surface area (Å²) in [5.41, 5.74) is 1.30.